The highest BCUT2D eigenvalue weighted by Gasteiger charge is 2.39. The van der Waals surface area contributed by atoms with Crippen molar-refractivity contribution in [2.75, 3.05) is 53.5 Å². The number of likely N-dealkylation sites (N-methyl/N-ethyl adjacent to an activating group) is 1. The highest BCUT2D eigenvalue weighted by molar-refractivity contribution is 5.89. The van der Waals surface area contributed by atoms with Gasteiger partial charge in [-0.3, -0.25) is 9.59 Å². The number of benzene rings is 1. The number of hydrogen-bond acceptors (Lipinski definition) is 4. The molecule has 6 heteroatoms. The maximum Gasteiger partial charge on any atom is 0.228 e. The monoisotopic (exact) mass is 359 g/mol. The Balaban J connectivity index is 1.68. The Morgan fingerprint density at radius 2 is 1.96 bits per heavy atom. The zero-order valence-corrected chi connectivity index (χ0v) is 15.8. The predicted octanol–water partition coefficient (Wildman–Crippen LogP) is 1.39. The van der Waals surface area contributed by atoms with Gasteiger partial charge in [0.05, 0.1) is 12.0 Å². The third-order valence-corrected chi connectivity index (χ3v) is 5.39. The molecule has 0 aliphatic carbocycles. The van der Waals surface area contributed by atoms with E-state index in [1.807, 2.05) is 28.0 Å². The number of hydrogen-bond donors (Lipinski definition) is 0. The summed E-state index contributed by atoms with van der Waals surface area (Å²) >= 11 is 0. The first-order chi connectivity index (χ1) is 12.6. The minimum absolute atomic E-state index is 0.0556. The van der Waals surface area contributed by atoms with Crippen molar-refractivity contribution in [3.05, 3.63) is 35.9 Å². The largest absolute Gasteiger partial charge is 0.385 e. The lowest BCUT2D eigenvalue weighted by molar-refractivity contribution is -0.140. The second kappa shape index (κ2) is 8.64. The van der Waals surface area contributed by atoms with E-state index in [9.17, 15) is 9.59 Å². The molecule has 0 saturated carbocycles. The summed E-state index contributed by atoms with van der Waals surface area (Å²) in [5.74, 6) is -0.0148. The first-order valence-corrected chi connectivity index (χ1v) is 9.41. The maximum absolute atomic E-state index is 13.2. The maximum atomic E-state index is 13.2. The van der Waals surface area contributed by atoms with Gasteiger partial charge in [-0.2, -0.15) is 0 Å². The number of nitrogens with zero attached hydrogens (tertiary/aromatic N) is 3. The first-order valence-electron chi connectivity index (χ1n) is 9.41. The van der Waals surface area contributed by atoms with E-state index in [0.717, 1.165) is 25.1 Å². The Hall–Kier alpha value is -1.92. The molecule has 0 radical (unpaired) electrons. The number of ether oxygens (including phenoxy) is 1. The molecule has 0 N–H and O–H groups in total. The molecule has 2 aliphatic heterocycles. The van der Waals surface area contributed by atoms with E-state index in [-0.39, 0.29) is 23.8 Å². The van der Waals surface area contributed by atoms with Gasteiger partial charge >= 0.3 is 0 Å². The average molecular weight is 359 g/mol. The smallest absolute Gasteiger partial charge is 0.228 e. The molecule has 2 atom stereocenters. The first kappa shape index (κ1) is 18.9. The van der Waals surface area contributed by atoms with E-state index in [2.05, 4.69) is 24.1 Å². The second-order valence-electron chi connectivity index (χ2n) is 7.31. The van der Waals surface area contributed by atoms with Gasteiger partial charge in [0.1, 0.15) is 0 Å². The van der Waals surface area contributed by atoms with Crippen LogP contribution in [0.5, 0.6) is 0 Å². The minimum Gasteiger partial charge on any atom is -0.385 e. The minimum atomic E-state index is -0.223. The quantitative estimate of drug-likeness (QED) is 0.720. The third-order valence-electron chi connectivity index (χ3n) is 5.39. The second-order valence-corrected chi connectivity index (χ2v) is 7.31. The van der Waals surface area contributed by atoms with Crippen LogP contribution in [0.3, 0.4) is 0 Å². The van der Waals surface area contributed by atoms with Crippen LogP contribution in [0.2, 0.25) is 0 Å². The number of amides is 2. The van der Waals surface area contributed by atoms with Crippen LogP contribution in [0.15, 0.2) is 30.3 Å². The summed E-state index contributed by atoms with van der Waals surface area (Å²) in [6.45, 7) is 4.25. The van der Waals surface area contributed by atoms with Crippen molar-refractivity contribution >= 4 is 11.8 Å². The summed E-state index contributed by atoms with van der Waals surface area (Å²) in [7, 11) is 3.75. The molecule has 2 amide bonds. The molecule has 142 valence electrons. The molecular weight excluding hydrogens is 330 g/mol. The zero-order valence-electron chi connectivity index (χ0n) is 15.8. The lowest BCUT2D eigenvalue weighted by Gasteiger charge is -2.41. The van der Waals surface area contributed by atoms with Crippen LogP contribution in [-0.2, 0) is 14.3 Å². The molecule has 0 spiro atoms. The van der Waals surface area contributed by atoms with Gasteiger partial charge in [0, 0.05) is 52.9 Å². The Labute approximate surface area is 155 Å². The average Bonchev–Trinajstić information content (AvgIpc) is 3.03. The molecule has 2 unspecified atom stereocenters. The number of carbonyl (C=O) groups excluding carboxylic acids is 2. The summed E-state index contributed by atoms with van der Waals surface area (Å²) < 4.78 is 5.06. The van der Waals surface area contributed by atoms with Crippen LogP contribution < -0.4 is 0 Å². The van der Waals surface area contributed by atoms with Gasteiger partial charge < -0.3 is 19.4 Å². The molecule has 2 fully saturated rings. The van der Waals surface area contributed by atoms with Gasteiger partial charge in [-0.1, -0.05) is 30.3 Å². The number of likely N-dealkylation sites (tertiary alicyclic amines) is 1. The molecule has 6 nitrogen and oxygen atoms in total. The predicted molar refractivity (Wildman–Crippen MR) is 99.6 cm³/mol. The molecular formula is C20H29N3O3. The molecule has 2 saturated heterocycles. The van der Waals surface area contributed by atoms with Crippen molar-refractivity contribution in [3.8, 4) is 0 Å². The van der Waals surface area contributed by atoms with E-state index in [1.165, 1.54) is 0 Å². The van der Waals surface area contributed by atoms with Crippen molar-refractivity contribution in [1.82, 2.24) is 14.7 Å². The SMILES string of the molecule is COCCCN1CC(C(=O)N2CCN(C)CC2c2ccccc2)CC1=O. The number of rotatable bonds is 6. The Kier molecular flexibility index (Phi) is 6.27. The van der Waals surface area contributed by atoms with E-state index < -0.39 is 0 Å². The number of carbonyl (C=O) groups is 2. The molecule has 3 rings (SSSR count). The van der Waals surface area contributed by atoms with Crippen molar-refractivity contribution in [2.24, 2.45) is 5.92 Å². The number of piperazine rings is 1. The summed E-state index contributed by atoms with van der Waals surface area (Å²) in [5.41, 5.74) is 1.16. The summed E-state index contributed by atoms with van der Waals surface area (Å²) in [6, 6.07) is 10.3. The lowest BCUT2D eigenvalue weighted by atomic mass is 9.99. The summed E-state index contributed by atoms with van der Waals surface area (Å²) in [4.78, 5) is 31.6. The topological polar surface area (TPSA) is 53.1 Å². The van der Waals surface area contributed by atoms with Crippen molar-refractivity contribution < 1.29 is 14.3 Å². The molecule has 1 aromatic carbocycles. The van der Waals surface area contributed by atoms with Crippen LogP contribution >= 0.6 is 0 Å². The van der Waals surface area contributed by atoms with Crippen molar-refractivity contribution in [2.45, 2.75) is 18.9 Å². The van der Waals surface area contributed by atoms with Crippen LogP contribution in [0, 0.1) is 5.92 Å². The highest BCUT2D eigenvalue weighted by Crippen LogP contribution is 2.29. The number of methoxy groups -OCH3 is 1. The molecule has 0 aromatic heterocycles. The van der Waals surface area contributed by atoms with Crippen LogP contribution in [0.25, 0.3) is 0 Å². The van der Waals surface area contributed by atoms with E-state index in [4.69, 9.17) is 4.74 Å². The van der Waals surface area contributed by atoms with Crippen molar-refractivity contribution in [1.29, 1.82) is 0 Å². The van der Waals surface area contributed by atoms with Gasteiger partial charge in [-0.05, 0) is 19.0 Å². The molecule has 0 bridgehead atoms. The molecule has 26 heavy (non-hydrogen) atoms. The fraction of sp³-hybridized carbons (Fsp3) is 0.600. The van der Waals surface area contributed by atoms with E-state index in [1.54, 1.807) is 7.11 Å². The van der Waals surface area contributed by atoms with Gasteiger partial charge in [-0.25, -0.2) is 0 Å². The van der Waals surface area contributed by atoms with Gasteiger partial charge in [0.15, 0.2) is 0 Å². The standard InChI is InChI=1S/C20H29N3O3/c1-21-10-11-23(18(15-21)16-7-4-3-5-8-16)20(25)17-13-19(24)22(14-17)9-6-12-26-2/h3-5,7-8,17-18H,6,9-15H2,1-2H3. The highest BCUT2D eigenvalue weighted by atomic mass is 16.5. The van der Waals surface area contributed by atoms with E-state index >= 15 is 0 Å². The normalized spacial score (nSPS) is 24.3. The van der Waals surface area contributed by atoms with Crippen molar-refractivity contribution in [3.63, 3.8) is 0 Å². The lowest BCUT2D eigenvalue weighted by Crippen LogP contribution is -2.51. The molecule has 1 aromatic rings. The van der Waals surface area contributed by atoms with Crippen LogP contribution in [0.4, 0.5) is 0 Å². The fourth-order valence-corrected chi connectivity index (χ4v) is 3.93. The Morgan fingerprint density at radius 3 is 2.69 bits per heavy atom. The van der Waals surface area contributed by atoms with Gasteiger partial charge in [0.2, 0.25) is 11.8 Å². The molecule has 2 heterocycles. The Bertz CT molecular complexity index is 622. The van der Waals surface area contributed by atoms with Crippen LogP contribution in [0.1, 0.15) is 24.4 Å². The summed E-state index contributed by atoms with van der Waals surface area (Å²) in [6.07, 6.45) is 1.14. The van der Waals surface area contributed by atoms with E-state index in [0.29, 0.717) is 32.7 Å². The summed E-state index contributed by atoms with van der Waals surface area (Å²) in [5, 5.41) is 0. The third kappa shape index (κ3) is 4.24. The fourth-order valence-electron chi connectivity index (χ4n) is 3.93. The van der Waals surface area contributed by atoms with Crippen LogP contribution in [-0.4, -0.2) is 80.0 Å². The zero-order chi connectivity index (χ0) is 18.5. The van der Waals surface area contributed by atoms with Gasteiger partial charge in [0.25, 0.3) is 0 Å². The van der Waals surface area contributed by atoms with Gasteiger partial charge in [-0.15, -0.1) is 0 Å². The Morgan fingerprint density at radius 1 is 1.19 bits per heavy atom. The molecule has 2 aliphatic rings.